The molecule has 0 aromatic carbocycles. The molecule has 1 atom stereocenters. The molecular formula is C10H15NO8. The van der Waals surface area contributed by atoms with Crippen molar-refractivity contribution in [2.45, 2.75) is 25.3 Å². The SMILES string of the molecule is O=C(O)CCN(CCC(=O)O)C(CC(=O)O)C(=O)O. The van der Waals surface area contributed by atoms with Crippen molar-refractivity contribution in [1.82, 2.24) is 4.90 Å². The molecule has 1 unspecified atom stereocenters. The number of carboxylic acid groups (broad SMARTS) is 4. The minimum Gasteiger partial charge on any atom is -0.481 e. The Balaban J connectivity index is 4.80. The summed E-state index contributed by atoms with van der Waals surface area (Å²) < 4.78 is 0. The predicted molar refractivity (Wildman–Crippen MR) is 59.8 cm³/mol. The van der Waals surface area contributed by atoms with Gasteiger partial charge in [0.05, 0.1) is 19.3 Å². The maximum Gasteiger partial charge on any atom is 0.321 e. The van der Waals surface area contributed by atoms with Crippen molar-refractivity contribution in [2.24, 2.45) is 0 Å². The molecule has 0 aromatic heterocycles. The van der Waals surface area contributed by atoms with Crippen LogP contribution in [0.1, 0.15) is 19.3 Å². The maximum absolute atomic E-state index is 11.0. The largest absolute Gasteiger partial charge is 0.481 e. The second-order valence-corrected chi connectivity index (χ2v) is 3.78. The number of hydrogen-bond donors (Lipinski definition) is 4. The number of hydrogen-bond acceptors (Lipinski definition) is 5. The van der Waals surface area contributed by atoms with E-state index in [1.807, 2.05) is 0 Å². The third kappa shape index (κ3) is 7.71. The zero-order valence-corrected chi connectivity index (χ0v) is 9.98. The highest BCUT2D eigenvalue weighted by molar-refractivity contribution is 5.80. The topological polar surface area (TPSA) is 152 Å². The summed E-state index contributed by atoms with van der Waals surface area (Å²) in [6.45, 7) is -0.459. The van der Waals surface area contributed by atoms with Gasteiger partial charge in [-0.3, -0.25) is 24.1 Å². The van der Waals surface area contributed by atoms with Gasteiger partial charge in [-0.1, -0.05) is 0 Å². The van der Waals surface area contributed by atoms with Crippen LogP contribution in [0.15, 0.2) is 0 Å². The number of rotatable bonds is 10. The molecule has 0 saturated heterocycles. The van der Waals surface area contributed by atoms with Crippen LogP contribution in [-0.4, -0.2) is 68.3 Å². The van der Waals surface area contributed by atoms with Crippen molar-refractivity contribution in [1.29, 1.82) is 0 Å². The van der Waals surface area contributed by atoms with E-state index in [9.17, 15) is 19.2 Å². The zero-order chi connectivity index (χ0) is 15.0. The van der Waals surface area contributed by atoms with Crippen LogP contribution in [0.25, 0.3) is 0 Å². The van der Waals surface area contributed by atoms with E-state index in [0.717, 1.165) is 4.90 Å². The standard InChI is InChI=1S/C10H15NO8/c12-7(13)1-3-11(4-2-8(14)15)6(10(18)19)5-9(16)17/h6H,1-5H2,(H,12,13)(H,14,15)(H,16,17)(H,18,19). The number of carbonyl (C=O) groups is 4. The lowest BCUT2D eigenvalue weighted by Gasteiger charge is -2.26. The van der Waals surface area contributed by atoms with Gasteiger partial charge in [0, 0.05) is 13.1 Å². The quantitative estimate of drug-likeness (QED) is 0.400. The van der Waals surface area contributed by atoms with Gasteiger partial charge in [-0.25, -0.2) is 0 Å². The van der Waals surface area contributed by atoms with Gasteiger partial charge >= 0.3 is 23.9 Å². The average molecular weight is 277 g/mol. The fourth-order valence-corrected chi connectivity index (χ4v) is 1.44. The van der Waals surface area contributed by atoms with Gasteiger partial charge in [-0.15, -0.1) is 0 Å². The van der Waals surface area contributed by atoms with Crippen molar-refractivity contribution in [2.75, 3.05) is 13.1 Å². The van der Waals surface area contributed by atoms with E-state index in [0.29, 0.717) is 0 Å². The number of nitrogens with zero attached hydrogens (tertiary/aromatic N) is 1. The summed E-state index contributed by atoms with van der Waals surface area (Å²) in [5.74, 6) is -5.15. The molecule has 19 heavy (non-hydrogen) atoms. The summed E-state index contributed by atoms with van der Waals surface area (Å²) >= 11 is 0. The molecule has 9 nitrogen and oxygen atoms in total. The molecule has 0 aliphatic carbocycles. The van der Waals surface area contributed by atoms with Crippen LogP contribution in [0.5, 0.6) is 0 Å². The van der Waals surface area contributed by atoms with Crippen molar-refractivity contribution in [3.63, 3.8) is 0 Å². The molecule has 0 radical (unpaired) electrons. The Bertz CT molecular complexity index is 349. The van der Waals surface area contributed by atoms with Crippen LogP contribution in [0.4, 0.5) is 0 Å². The summed E-state index contributed by atoms with van der Waals surface area (Å²) in [4.78, 5) is 43.5. The highest BCUT2D eigenvalue weighted by atomic mass is 16.4. The Hall–Kier alpha value is -2.16. The van der Waals surface area contributed by atoms with Crippen LogP contribution in [0.2, 0.25) is 0 Å². The van der Waals surface area contributed by atoms with Gasteiger partial charge in [-0.2, -0.15) is 0 Å². The molecule has 0 bridgehead atoms. The molecule has 0 heterocycles. The smallest absolute Gasteiger partial charge is 0.321 e. The normalized spacial score (nSPS) is 12.1. The monoisotopic (exact) mass is 277 g/mol. The minimum atomic E-state index is -1.45. The summed E-state index contributed by atoms with van der Waals surface area (Å²) in [6.07, 6.45) is -1.53. The lowest BCUT2D eigenvalue weighted by molar-refractivity contribution is -0.151. The maximum atomic E-state index is 11.0. The minimum absolute atomic E-state index is 0.229. The second-order valence-electron chi connectivity index (χ2n) is 3.78. The lowest BCUT2D eigenvalue weighted by atomic mass is 10.1. The Morgan fingerprint density at radius 3 is 1.47 bits per heavy atom. The molecule has 9 heteroatoms. The zero-order valence-electron chi connectivity index (χ0n) is 9.98. The fourth-order valence-electron chi connectivity index (χ4n) is 1.44. The van der Waals surface area contributed by atoms with Crippen LogP contribution in [0.3, 0.4) is 0 Å². The Morgan fingerprint density at radius 1 is 0.789 bits per heavy atom. The Labute approximate surface area is 108 Å². The molecule has 0 amide bonds. The van der Waals surface area contributed by atoms with Crippen molar-refractivity contribution in [3.8, 4) is 0 Å². The van der Waals surface area contributed by atoms with E-state index >= 15 is 0 Å². The van der Waals surface area contributed by atoms with Gasteiger partial charge in [0.2, 0.25) is 0 Å². The first-order valence-corrected chi connectivity index (χ1v) is 5.36. The predicted octanol–water partition coefficient (Wildman–Crippen LogP) is -0.834. The van der Waals surface area contributed by atoms with Crippen molar-refractivity contribution in [3.05, 3.63) is 0 Å². The molecule has 4 N–H and O–H groups in total. The summed E-state index contributed by atoms with van der Waals surface area (Å²) in [5.41, 5.74) is 0. The van der Waals surface area contributed by atoms with E-state index in [-0.39, 0.29) is 13.1 Å². The van der Waals surface area contributed by atoms with E-state index in [4.69, 9.17) is 20.4 Å². The van der Waals surface area contributed by atoms with Crippen molar-refractivity contribution >= 4 is 23.9 Å². The Morgan fingerprint density at radius 2 is 1.21 bits per heavy atom. The van der Waals surface area contributed by atoms with Crippen LogP contribution in [-0.2, 0) is 19.2 Å². The van der Waals surface area contributed by atoms with Crippen LogP contribution in [0, 0.1) is 0 Å². The van der Waals surface area contributed by atoms with Gasteiger partial charge < -0.3 is 20.4 Å². The summed E-state index contributed by atoms with van der Waals surface area (Å²) in [6, 6.07) is -1.45. The number of aliphatic carboxylic acids is 4. The molecule has 0 fully saturated rings. The van der Waals surface area contributed by atoms with E-state index < -0.39 is 49.2 Å². The summed E-state index contributed by atoms with van der Waals surface area (Å²) in [7, 11) is 0. The van der Waals surface area contributed by atoms with Crippen LogP contribution >= 0.6 is 0 Å². The molecule has 0 saturated carbocycles. The molecule has 0 aliphatic heterocycles. The second kappa shape index (κ2) is 8.03. The van der Waals surface area contributed by atoms with E-state index in [1.165, 1.54) is 0 Å². The average Bonchev–Trinajstić information content (AvgIpc) is 2.25. The van der Waals surface area contributed by atoms with Gasteiger partial charge in [0.25, 0.3) is 0 Å². The first-order valence-electron chi connectivity index (χ1n) is 5.36. The molecular weight excluding hydrogens is 262 g/mol. The number of carboxylic acids is 4. The lowest BCUT2D eigenvalue weighted by Crippen LogP contribution is -2.44. The van der Waals surface area contributed by atoms with Crippen molar-refractivity contribution < 1.29 is 39.6 Å². The molecule has 0 spiro atoms. The van der Waals surface area contributed by atoms with Gasteiger partial charge in [-0.05, 0) is 0 Å². The third-order valence-electron chi connectivity index (χ3n) is 2.32. The molecule has 0 aliphatic rings. The molecule has 0 rings (SSSR count). The third-order valence-corrected chi connectivity index (χ3v) is 2.32. The fraction of sp³-hybridized carbons (Fsp3) is 0.600. The van der Waals surface area contributed by atoms with Gasteiger partial charge in [0.1, 0.15) is 6.04 Å². The first kappa shape index (κ1) is 16.8. The van der Waals surface area contributed by atoms with Crippen LogP contribution < -0.4 is 0 Å². The van der Waals surface area contributed by atoms with Gasteiger partial charge in [0.15, 0.2) is 0 Å². The van der Waals surface area contributed by atoms with E-state index in [2.05, 4.69) is 0 Å². The Kier molecular flexibility index (Phi) is 7.12. The summed E-state index contributed by atoms with van der Waals surface area (Å²) in [5, 5.41) is 34.6. The first-order chi connectivity index (χ1) is 8.73. The highest BCUT2D eigenvalue weighted by Gasteiger charge is 2.28. The molecule has 0 aromatic rings. The highest BCUT2D eigenvalue weighted by Crippen LogP contribution is 2.08. The van der Waals surface area contributed by atoms with E-state index in [1.54, 1.807) is 0 Å². The molecule has 108 valence electrons.